The predicted octanol–water partition coefficient (Wildman–Crippen LogP) is 1.13. The summed E-state index contributed by atoms with van der Waals surface area (Å²) in [5.74, 6) is 0.822. The lowest BCUT2D eigenvalue weighted by molar-refractivity contribution is -0.130. The lowest BCUT2D eigenvalue weighted by atomic mass is 9.89. The molecule has 1 amide bonds. The molecule has 0 spiro atoms. The van der Waals surface area contributed by atoms with Crippen LogP contribution in [0.25, 0.3) is 0 Å². The second-order valence-electron chi connectivity index (χ2n) is 4.41. The number of likely N-dealkylation sites (tertiary alicyclic amines) is 1. The van der Waals surface area contributed by atoms with Crippen molar-refractivity contribution in [3.8, 4) is 0 Å². The molecule has 16 heavy (non-hydrogen) atoms. The van der Waals surface area contributed by atoms with Gasteiger partial charge >= 0.3 is 0 Å². The molecule has 2 unspecified atom stereocenters. The fourth-order valence-corrected chi connectivity index (χ4v) is 2.48. The zero-order chi connectivity index (χ0) is 11.5. The summed E-state index contributed by atoms with van der Waals surface area (Å²) in [6.45, 7) is 2.92. The molecule has 0 bridgehead atoms. The maximum Gasteiger partial charge on any atom is 0.225 e. The smallest absolute Gasteiger partial charge is 0.225 e. The Bertz CT molecular complexity index is 366. The highest BCUT2D eigenvalue weighted by molar-refractivity contribution is 5.81. The lowest BCUT2D eigenvalue weighted by Gasteiger charge is -2.13. The molecule has 2 heterocycles. The number of amides is 1. The highest BCUT2D eigenvalue weighted by Crippen LogP contribution is 2.28. The van der Waals surface area contributed by atoms with Gasteiger partial charge in [-0.3, -0.25) is 4.79 Å². The number of rotatable bonds is 3. The summed E-state index contributed by atoms with van der Waals surface area (Å²) < 4.78 is 0. The van der Waals surface area contributed by atoms with E-state index in [9.17, 15) is 4.79 Å². The number of nitrogens with zero attached hydrogens (tertiary/aromatic N) is 3. The van der Waals surface area contributed by atoms with Crippen molar-refractivity contribution in [3.63, 3.8) is 0 Å². The molecule has 0 N–H and O–H groups in total. The van der Waals surface area contributed by atoms with Crippen LogP contribution >= 0.6 is 0 Å². The summed E-state index contributed by atoms with van der Waals surface area (Å²) in [4.78, 5) is 13.7. The highest BCUT2D eigenvalue weighted by Gasteiger charge is 2.37. The third-order valence-electron chi connectivity index (χ3n) is 3.31. The first kappa shape index (κ1) is 11.0. The van der Waals surface area contributed by atoms with Crippen molar-refractivity contribution in [3.05, 3.63) is 24.0 Å². The summed E-state index contributed by atoms with van der Waals surface area (Å²) in [6, 6.07) is 3.87. The molecule has 1 saturated heterocycles. The lowest BCUT2D eigenvalue weighted by Crippen LogP contribution is -2.22. The summed E-state index contributed by atoms with van der Waals surface area (Å²) >= 11 is 0. The number of hydrogen-bond donors (Lipinski definition) is 0. The third-order valence-corrected chi connectivity index (χ3v) is 3.31. The van der Waals surface area contributed by atoms with Crippen molar-refractivity contribution in [1.29, 1.82) is 0 Å². The van der Waals surface area contributed by atoms with E-state index in [1.54, 1.807) is 6.20 Å². The van der Waals surface area contributed by atoms with E-state index < -0.39 is 0 Å². The largest absolute Gasteiger partial charge is 0.345 e. The molecule has 4 nitrogen and oxygen atoms in total. The van der Waals surface area contributed by atoms with Crippen molar-refractivity contribution in [1.82, 2.24) is 15.1 Å². The molecular formula is C12H17N3O. The number of carbonyl (C=O) groups excluding carboxylic acids is 1. The van der Waals surface area contributed by atoms with Crippen LogP contribution in [0.15, 0.2) is 18.3 Å². The highest BCUT2D eigenvalue weighted by atomic mass is 16.2. The Hall–Kier alpha value is -1.45. The molecule has 1 aromatic heterocycles. The number of hydrogen-bond acceptors (Lipinski definition) is 3. The molecule has 0 aromatic carbocycles. The van der Waals surface area contributed by atoms with Gasteiger partial charge in [-0.1, -0.05) is 6.92 Å². The molecule has 1 aromatic rings. The molecule has 0 saturated carbocycles. The van der Waals surface area contributed by atoms with Gasteiger partial charge in [0.2, 0.25) is 5.91 Å². The first-order valence-corrected chi connectivity index (χ1v) is 5.74. The zero-order valence-electron chi connectivity index (χ0n) is 9.76. The maximum atomic E-state index is 11.8. The number of aromatic nitrogens is 2. The van der Waals surface area contributed by atoms with Gasteiger partial charge in [-0.05, 0) is 30.9 Å². The van der Waals surface area contributed by atoms with E-state index in [0.29, 0.717) is 5.92 Å². The van der Waals surface area contributed by atoms with Gasteiger partial charge in [0, 0.05) is 25.7 Å². The van der Waals surface area contributed by atoms with E-state index in [0.717, 1.165) is 25.1 Å². The molecule has 2 atom stereocenters. The van der Waals surface area contributed by atoms with Crippen LogP contribution in [0.3, 0.4) is 0 Å². The van der Waals surface area contributed by atoms with E-state index in [1.807, 2.05) is 24.1 Å². The van der Waals surface area contributed by atoms with Crippen molar-refractivity contribution >= 4 is 5.91 Å². The molecule has 4 heteroatoms. The molecule has 2 rings (SSSR count). The SMILES string of the molecule is CCC1C(=O)N(C)CC1Cc1cccnn1. The minimum Gasteiger partial charge on any atom is -0.345 e. The zero-order valence-corrected chi connectivity index (χ0v) is 9.76. The van der Waals surface area contributed by atoms with Crippen LogP contribution in [0.5, 0.6) is 0 Å². The Morgan fingerprint density at radius 2 is 2.38 bits per heavy atom. The summed E-state index contributed by atoms with van der Waals surface area (Å²) in [5, 5.41) is 7.95. The Morgan fingerprint density at radius 3 is 3.00 bits per heavy atom. The van der Waals surface area contributed by atoms with Gasteiger partial charge in [-0.2, -0.15) is 10.2 Å². The Labute approximate surface area is 95.7 Å². The first-order valence-electron chi connectivity index (χ1n) is 5.74. The number of carbonyl (C=O) groups is 1. The first-order chi connectivity index (χ1) is 7.72. The van der Waals surface area contributed by atoms with Crippen LogP contribution in [0, 0.1) is 11.8 Å². The van der Waals surface area contributed by atoms with Crippen LogP contribution in [-0.2, 0) is 11.2 Å². The van der Waals surface area contributed by atoms with Crippen LogP contribution in [-0.4, -0.2) is 34.6 Å². The van der Waals surface area contributed by atoms with Crippen LogP contribution in [0.2, 0.25) is 0 Å². The predicted molar refractivity (Wildman–Crippen MR) is 60.6 cm³/mol. The van der Waals surface area contributed by atoms with Crippen molar-refractivity contribution in [2.45, 2.75) is 19.8 Å². The van der Waals surface area contributed by atoms with Gasteiger partial charge in [-0.25, -0.2) is 0 Å². The average Bonchev–Trinajstić information content (AvgIpc) is 2.56. The second kappa shape index (κ2) is 4.60. The molecule has 86 valence electrons. The molecule has 1 fully saturated rings. The molecule has 0 aliphatic carbocycles. The van der Waals surface area contributed by atoms with Gasteiger partial charge in [0.25, 0.3) is 0 Å². The van der Waals surface area contributed by atoms with Gasteiger partial charge in [0.1, 0.15) is 0 Å². The van der Waals surface area contributed by atoms with Crippen molar-refractivity contribution < 1.29 is 4.79 Å². The molecule has 0 radical (unpaired) electrons. The van der Waals surface area contributed by atoms with E-state index in [4.69, 9.17) is 0 Å². The fraction of sp³-hybridized carbons (Fsp3) is 0.583. The molecule has 1 aliphatic heterocycles. The van der Waals surface area contributed by atoms with Gasteiger partial charge < -0.3 is 4.90 Å². The summed E-state index contributed by atoms with van der Waals surface area (Å²) in [6.07, 6.45) is 3.43. The standard InChI is InChI=1S/C12H17N3O/c1-3-11-9(8-15(2)12(11)16)7-10-5-4-6-13-14-10/h4-6,9,11H,3,7-8H2,1-2H3. The van der Waals surface area contributed by atoms with E-state index >= 15 is 0 Å². The van der Waals surface area contributed by atoms with E-state index in [-0.39, 0.29) is 11.8 Å². The van der Waals surface area contributed by atoms with Crippen molar-refractivity contribution in [2.75, 3.05) is 13.6 Å². The fourth-order valence-electron chi connectivity index (χ4n) is 2.48. The maximum absolute atomic E-state index is 11.8. The summed E-state index contributed by atoms with van der Waals surface area (Å²) in [5.41, 5.74) is 0.981. The Balaban J connectivity index is 2.08. The minimum atomic E-state index is 0.159. The van der Waals surface area contributed by atoms with Gasteiger partial charge in [0.15, 0.2) is 0 Å². The van der Waals surface area contributed by atoms with Gasteiger partial charge in [-0.15, -0.1) is 0 Å². The third kappa shape index (κ3) is 2.05. The monoisotopic (exact) mass is 219 g/mol. The molecular weight excluding hydrogens is 202 g/mol. The van der Waals surface area contributed by atoms with Crippen LogP contribution in [0.4, 0.5) is 0 Å². The van der Waals surface area contributed by atoms with Crippen molar-refractivity contribution in [2.24, 2.45) is 11.8 Å². The van der Waals surface area contributed by atoms with Crippen LogP contribution in [0.1, 0.15) is 19.0 Å². The quantitative estimate of drug-likeness (QED) is 0.765. The minimum absolute atomic E-state index is 0.159. The van der Waals surface area contributed by atoms with Gasteiger partial charge in [0.05, 0.1) is 5.69 Å². The summed E-state index contributed by atoms with van der Waals surface area (Å²) in [7, 11) is 1.88. The second-order valence-corrected chi connectivity index (χ2v) is 4.41. The van der Waals surface area contributed by atoms with E-state index in [2.05, 4.69) is 17.1 Å². The topological polar surface area (TPSA) is 46.1 Å². The average molecular weight is 219 g/mol. The van der Waals surface area contributed by atoms with Crippen LogP contribution < -0.4 is 0 Å². The Morgan fingerprint density at radius 1 is 1.56 bits per heavy atom. The Kier molecular flexibility index (Phi) is 3.17. The normalized spacial score (nSPS) is 25.1. The van der Waals surface area contributed by atoms with E-state index in [1.165, 1.54) is 0 Å². The molecule has 1 aliphatic rings.